The number of rotatable bonds is 4. The summed E-state index contributed by atoms with van der Waals surface area (Å²) in [5, 5.41) is 0. The zero-order valence-corrected chi connectivity index (χ0v) is 17.8. The van der Waals surface area contributed by atoms with Gasteiger partial charge in [0.25, 0.3) is 0 Å². The molecule has 0 amide bonds. The summed E-state index contributed by atoms with van der Waals surface area (Å²) in [4.78, 5) is 8.00. The predicted octanol–water partition coefficient (Wildman–Crippen LogP) is 6.78. The molecule has 4 rings (SSSR count). The average Bonchev–Trinajstić information content (AvgIpc) is 2.83. The Morgan fingerprint density at radius 3 is 1.32 bits per heavy atom. The van der Waals surface area contributed by atoms with Crippen LogP contribution in [-0.2, 0) is 0 Å². The molecule has 0 radical (unpaired) electrons. The number of hydrogen-bond acceptors (Lipinski definition) is 3. The number of amidine groups is 2. The third kappa shape index (κ3) is 4.06. The van der Waals surface area contributed by atoms with Crippen LogP contribution >= 0.6 is 0 Å². The van der Waals surface area contributed by atoms with Crippen LogP contribution in [0, 0.1) is 0 Å². The Morgan fingerprint density at radius 2 is 0.971 bits per heavy atom. The average molecular weight is 475 g/mol. The lowest BCUT2D eigenvalue weighted by Gasteiger charge is -2.42. The summed E-state index contributed by atoms with van der Waals surface area (Å²) in [7, 11) is 0. The van der Waals surface area contributed by atoms with Crippen LogP contribution < -0.4 is 0 Å². The van der Waals surface area contributed by atoms with Gasteiger partial charge in [0.15, 0.2) is 0 Å². The second-order valence-electron chi connectivity index (χ2n) is 7.73. The molecule has 1 aliphatic heterocycles. The molecule has 0 saturated heterocycles. The van der Waals surface area contributed by atoms with Gasteiger partial charge in [-0.15, -0.1) is 0 Å². The molecule has 3 aromatic rings. The van der Waals surface area contributed by atoms with Gasteiger partial charge in [-0.3, -0.25) is 0 Å². The van der Waals surface area contributed by atoms with Gasteiger partial charge in [0.05, 0.1) is 6.04 Å². The molecular formula is C25H19F6N3. The standard InChI is InChI=1S/C25H19F6N3/c1-17(18-11-5-2-6-12-18)34-21(19-13-7-3-8-14-19)32-23(24(26,27)28,25(29,30)31)33-22(34)20-15-9-4-10-16-20/h2-17H,1H3. The molecule has 0 fully saturated rings. The molecule has 0 bridgehead atoms. The summed E-state index contributed by atoms with van der Waals surface area (Å²) in [6.07, 6.45) is -11.7. The maximum atomic E-state index is 14.2. The maximum absolute atomic E-state index is 14.2. The summed E-state index contributed by atoms with van der Waals surface area (Å²) in [5.41, 5.74) is -3.78. The van der Waals surface area contributed by atoms with Gasteiger partial charge in [0, 0.05) is 11.1 Å². The lowest BCUT2D eigenvalue weighted by atomic mass is 10.00. The first-order valence-corrected chi connectivity index (χ1v) is 10.3. The molecule has 0 aliphatic carbocycles. The van der Waals surface area contributed by atoms with Crippen molar-refractivity contribution in [3.8, 4) is 0 Å². The monoisotopic (exact) mass is 475 g/mol. The molecule has 34 heavy (non-hydrogen) atoms. The van der Waals surface area contributed by atoms with Crippen LogP contribution in [0.5, 0.6) is 0 Å². The van der Waals surface area contributed by atoms with E-state index in [1.165, 1.54) is 53.4 Å². The van der Waals surface area contributed by atoms with Gasteiger partial charge in [-0.2, -0.15) is 26.3 Å². The molecule has 0 aromatic heterocycles. The molecule has 1 aliphatic rings. The zero-order valence-electron chi connectivity index (χ0n) is 17.8. The van der Waals surface area contributed by atoms with Crippen molar-refractivity contribution < 1.29 is 26.3 Å². The Balaban J connectivity index is 2.06. The molecule has 1 unspecified atom stereocenters. The van der Waals surface area contributed by atoms with Gasteiger partial charge in [0.2, 0.25) is 0 Å². The van der Waals surface area contributed by atoms with Crippen molar-refractivity contribution in [2.75, 3.05) is 0 Å². The minimum absolute atomic E-state index is 0.103. The SMILES string of the molecule is CC(c1ccccc1)N1C(c2ccccc2)=NC(C(F)(F)F)(C(F)(F)F)N=C1c1ccccc1. The van der Waals surface area contributed by atoms with E-state index in [0.29, 0.717) is 5.56 Å². The van der Waals surface area contributed by atoms with Crippen LogP contribution in [0.15, 0.2) is 101 Å². The fourth-order valence-electron chi connectivity index (χ4n) is 3.78. The molecule has 0 spiro atoms. The first-order chi connectivity index (χ1) is 16.1. The van der Waals surface area contributed by atoms with E-state index in [1.54, 1.807) is 49.4 Å². The Kier molecular flexibility index (Phi) is 5.97. The number of benzene rings is 3. The predicted molar refractivity (Wildman–Crippen MR) is 117 cm³/mol. The van der Waals surface area contributed by atoms with E-state index in [0.717, 1.165) is 0 Å². The Hall–Kier alpha value is -3.62. The van der Waals surface area contributed by atoms with E-state index < -0.39 is 35.7 Å². The van der Waals surface area contributed by atoms with Crippen molar-refractivity contribution in [1.82, 2.24) is 4.90 Å². The molecule has 0 N–H and O–H groups in total. The minimum atomic E-state index is -5.83. The largest absolute Gasteiger partial charge is 0.443 e. The van der Waals surface area contributed by atoms with Gasteiger partial charge >= 0.3 is 18.0 Å². The maximum Gasteiger partial charge on any atom is 0.443 e. The fourth-order valence-corrected chi connectivity index (χ4v) is 3.78. The minimum Gasteiger partial charge on any atom is -0.303 e. The van der Waals surface area contributed by atoms with Crippen molar-refractivity contribution in [2.45, 2.75) is 31.0 Å². The van der Waals surface area contributed by atoms with Crippen molar-refractivity contribution >= 4 is 11.7 Å². The van der Waals surface area contributed by atoms with Crippen LogP contribution in [0.2, 0.25) is 0 Å². The summed E-state index contributed by atoms with van der Waals surface area (Å²) >= 11 is 0. The second-order valence-corrected chi connectivity index (χ2v) is 7.73. The van der Waals surface area contributed by atoms with Crippen molar-refractivity contribution in [3.63, 3.8) is 0 Å². The van der Waals surface area contributed by atoms with E-state index in [2.05, 4.69) is 9.98 Å². The van der Waals surface area contributed by atoms with Crippen molar-refractivity contribution in [2.24, 2.45) is 9.98 Å². The lowest BCUT2D eigenvalue weighted by molar-refractivity contribution is -0.293. The number of nitrogens with zero attached hydrogens (tertiary/aromatic N) is 3. The molecular weight excluding hydrogens is 456 g/mol. The number of alkyl halides is 6. The van der Waals surface area contributed by atoms with Crippen LogP contribution in [0.1, 0.15) is 29.7 Å². The molecule has 0 saturated carbocycles. The van der Waals surface area contributed by atoms with E-state index in [-0.39, 0.29) is 11.1 Å². The van der Waals surface area contributed by atoms with Crippen LogP contribution in [-0.4, -0.2) is 34.6 Å². The lowest BCUT2D eigenvalue weighted by Crippen LogP contribution is -2.59. The Morgan fingerprint density at radius 1 is 0.618 bits per heavy atom. The van der Waals surface area contributed by atoms with E-state index >= 15 is 0 Å². The number of halogens is 6. The topological polar surface area (TPSA) is 28.0 Å². The van der Waals surface area contributed by atoms with Crippen LogP contribution in [0.25, 0.3) is 0 Å². The number of hydrogen-bond donors (Lipinski definition) is 0. The van der Waals surface area contributed by atoms with E-state index in [4.69, 9.17) is 0 Å². The molecule has 176 valence electrons. The molecule has 3 nitrogen and oxygen atoms in total. The zero-order chi connectivity index (χ0) is 24.6. The van der Waals surface area contributed by atoms with Crippen molar-refractivity contribution in [1.29, 1.82) is 0 Å². The molecule has 1 heterocycles. The third-order valence-electron chi connectivity index (χ3n) is 5.52. The van der Waals surface area contributed by atoms with Gasteiger partial charge in [0.1, 0.15) is 11.7 Å². The summed E-state index contributed by atoms with van der Waals surface area (Å²) < 4.78 is 85.0. The summed E-state index contributed by atoms with van der Waals surface area (Å²) in [5.74, 6) is -0.944. The second kappa shape index (κ2) is 8.62. The Bertz CT molecular complexity index is 1110. The normalized spacial score (nSPS) is 17.1. The summed E-state index contributed by atoms with van der Waals surface area (Å²) in [6.45, 7) is 1.68. The van der Waals surface area contributed by atoms with Gasteiger partial charge < -0.3 is 4.90 Å². The first kappa shape index (κ1) is 23.5. The fraction of sp³-hybridized carbons (Fsp3) is 0.200. The van der Waals surface area contributed by atoms with Gasteiger partial charge in [-0.1, -0.05) is 91.0 Å². The molecule has 9 heteroatoms. The smallest absolute Gasteiger partial charge is 0.303 e. The Labute approximate surface area is 192 Å². The highest BCUT2D eigenvalue weighted by Gasteiger charge is 2.74. The first-order valence-electron chi connectivity index (χ1n) is 10.3. The van der Waals surface area contributed by atoms with Crippen LogP contribution in [0.3, 0.4) is 0 Å². The number of aliphatic imine (C=N–C) groups is 2. The van der Waals surface area contributed by atoms with E-state index in [1.807, 2.05) is 0 Å². The van der Waals surface area contributed by atoms with Gasteiger partial charge in [-0.05, 0) is 12.5 Å². The highest BCUT2D eigenvalue weighted by Crippen LogP contribution is 2.50. The van der Waals surface area contributed by atoms with E-state index in [9.17, 15) is 26.3 Å². The third-order valence-corrected chi connectivity index (χ3v) is 5.52. The quantitative estimate of drug-likeness (QED) is 0.383. The molecule has 1 atom stereocenters. The van der Waals surface area contributed by atoms with Crippen LogP contribution in [0.4, 0.5) is 26.3 Å². The highest BCUT2D eigenvalue weighted by molar-refractivity contribution is 6.16. The van der Waals surface area contributed by atoms with Crippen molar-refractivity contribution in [3.05, 3.63) is 108 Å². The highest BCUT2D eigenvalue weighted by atomic mass is 19.4. The summed E-state index contributed by atoms with van der Waals surface area (Å²) in [6, 6.07) is 23.1. The van der Waals surface area contributed by atoms with Gasteiger partial charge in [-0.25, -0.2) is 9.98 Å². The molecule has 3 aromatic carbocycles.